The molecule has 0 aliphatic carbocycles. The maximum atomic E-state index is 12.3. The van der Waals surface area contributed by atoms with E-state index in [1.807, 2.05) is 37.3 Å². The molecule has 0 saturated carbocycles. The number of carbonyl (C=O) groups is 1. The van der Waals surface area contributed by atoms with E-state index in [1.165, 1.54) is 0 Å². The topological polar surface area (TPSA) is 38.3 Å². The lowest BCUT2D eigenvalue weighted by molar-refractivity contribution is -0.146. The SMILES string of the molecule is CCOC(=O)C(NC(C)(C)CC(C)(C)C)c1ccccc1. The molecule has 0 aliphatic rings. The Morgan fingerprint density at radius 1 is 1.14 bits per heavy atom. The predicted octanol–water partition coefficient (Wildman–Crippen LogP) is 4.10. The maximum absolute atomic E-state index is 12.3. The fraction of sp³-hybridized carbons (Fsp3) is 0.611. The molecule has 0 aromatic heterocycles. The van der Waals surface area contributed by atoms with E-state index < -0.39 is 6.04 Å². The highest BCUT2D eigenvalue weighted by Gasteiger charge is 2.32. The lowest BCUT2D eigenvalue weighted by atomic mass is 9.81. The smallest absolute Gasteiger partial charge is 0.327 e. The van der Waals surface area contributed by atoms with Gasteiger partial charge >= 0.3 is 5.97 Å². The molecule has 1 aromatic rings. The van der Waals surface area contributed by atoms with Crippen LogP contribution in [0.25, 0.3) is 0 Å². The van der Waals surface area contributed by atoms with Gasteiger partial charge in [0.1, 0.15) is 6.04 Å². The molecule has 0 saturated heterocycles. The Bertz CT molecular complexity index is 446. The molecule has 0 amide bonds. The fourth-order valence-electron chi connectivity index (χ4n) is 2.92. The number of carbonyl (C=O) groups excluding carboxylic acids is 1. The van der Waals surface area contributed by atoms with Crippen LogP contribution in [0.15, 0.2) is 30.3 Å². The van der Waals surface area contributed by atoms with Crippen molar-refractivity contribution in [2.45, 2.75) is 59.5 Å². The Labute approximate surface area is 129 Å². The molecule has 0 bridgehead atoms. The lowest BCUT2D eigenvalue weighted by Crippen LogP contribution is -2.47. The second-order valence-corrected chi connectivity index (χ2v) is 7.36. The molecule has 0 heterocycles. The van der Waals surface area contributed by atoms with Gasteiger partial charge in [-0.3, -0.25) is 5.32 Å². The summed E-state index contributed by atoms with van der Waals surface area (Å²) in [5.41, 5.74) is 0.968. The van der Waals surface area contributed by atoms with E-state index >= 15 is 0 Å². The zero-order valence-corrected chi connectivity index (χ0v) is 14.2. The highest BCUT2D eigenvalue weighted by molar-refractivity contribution is 5.77. The molecule has 0 aliphatic heterocycles. The van der Waals surface area contributed by atoms with Crippen molar-refractivity contribution in [3.8, 4) is 0 Å². The molecule has 0 spiro atoms. The highest BCUT2D eigenvalue weighted by Crippen LogP contribution is 2.29. The molecule has 1 N–H and O–H groups in total. The standard InChI is InChI=1S/C18H29NO2/c1-7-21-16(20)15(14-11-9-8-10-12-14)19-18(5,6)13-17(2,3)4/h8-12,15,19H,7,13H2,1-6H3. The van der Waals surface area contributed by atoms with Crippen LogP contribution < -0.4 is 5.32 Å². The van der Waals surface area contributed by atoms with E-state index in [2.05, 4.69) is 39.9 Å². The fourth-order valence-corrected chi connectivity index (χ4v) is 2.92. The quantitative estimate of drug-likeness (QED) is 0.802. The zero-order chi connectivity index (χ0) is 16.1. The number of nitrogens with one attached hydrogen (secondary N) is 1. The molecule has 1 atom stereocenters. The third-order valence-corrected chi connectivity index (χ3v) is 3.16. The minimum Gasteiger partial charge on any atom is -0.465 e. The van der Waals surface area contributed by atoms with Crippen molar-refractivity contribution in [3.05, 3.63) is 35.9 Å². The van der Waals surface area contributed by atoms with Crippen molar-refractivity contribution >= 4 is 5.97 Å². The van der Waals surface area contributed by atoms with Crippen LogP contribution in [0, 0.1) is 5.41 Å². The summed E-state index contributed by atoms with van der Waals surface area (Å²) < 4.78 is 5.23. The number of rotatable bonds is 6. The van der Waals surface area contributed by atoms with Crippen LogP contribution in [0.2, 0.25) is 0 Å². The summed E-state index contributed by atoms with van der Waals surface area (Å²) in [4.78, 5) is 12.3. The third-order valence-electron chi connectivity index (χ3n) is 3.16. The van der Waals surface area contributed by atoms with Crippen LogP contribution in [0.1, 0.15) is 59.6 Å². The van der Waals surface area contributed by atoms with Crippen LogP contribution in [-0.4, -0.2) is 18.1 Å². The molecule has 1 unspecified atom stereocenters. The van der Waals surface area contributed by atoms with Crippen molar-refractivity contribution in [2.24, 2.45) is 5.41 Å². The van der Waals surface area contributed by atoms with Gasteiger partial charge in [-0.25, -0.2) is 4.79 Å². The summed E-state index contributed by atoms with van der Waals surface area (Å²) >= 11 is 0. The molecule has 1 aromatic carbocycles. The van der Waals surface area contributed by atoms with E-state index in [4.69, 9.17) is 4.74 Å². The minimum absolute atomic E-state index is 0.161. The number of esters is 1. The Hall–Kier alpha value is -1.35. The molecule has 1 rings (SSSR count). The van der Waals surface area contributed by atoms with E-state index in [0.717, 1.165) is 12.0 Å². The summed E-state index contributed by atoms with van der Waals surface area (Å²) in [6.07, 6.45) is 0.961. The monoisotopic (exact) mass is 291 g/mol. The van der Waals surface area contributed by atoms with Gasteiger partial charge in [0.05, 0.1) is 6.61 Å². The van der Waals surface area contributed by atoms with E-state index in [9.17, 15) is 4.79 Å². The Kier molecular flexibility index (Phi) is 5.97. The third kappa shape index (κ3) is 6.30. The average Bonchev–Trinajstić information content (AvgIpc) is 2.34. The molecule has 21 heavy (non-hydrogen) atoms. The van der Waals surface area contributed by atoms with Crippen LogP contribution in [0.3, 0.4) is 0 Å². The first-order chi connectivity index (χ1) is 9.64. The maximum Gasteiger partial charge on any atom is 0.327 e. The first-order valence-electron chi connectivity index (χ1n) is 7.64. The Morgan fingerprint density at radius 2 is 1.71 bits per heavy atom. The van der Waals surface area contributed by atoms with Crippen LogP contribution in [-0.2, 0) is 9.53 Å². The van der Waals surface area contributed by atoms with Crippen LogP contribution in [0.4, 0.5) is 0 Å². The van der Waals surface area contributed by atoms with E-state index in [-0.39, 0.29) is 16.9 Å². The van der Waals surface area contributed by atoms with Gasteiger partial charge in [-0.05, 0) is 38.2 Å². The van der Waals surface area contributed by atoms with Gasteiger partial charge in [0, 0.05) is 5.54 Å². The molecular weight excluding hydrogens is 262 g/mol. The normalized spacial score (nSPS) is 13.8. The second kappa shape index (κ2) is 7.08. The minimum atomic E-state index is -0.427. The van der Waals surface area contributed by atoms with Crippen molar-refractivity contribution in [2.75, 3.05) is 6.61 Å². The van der Waals surface area contributed by atoms with Gasteiger partial charge < -0.3 is 4.74 Å². The van der Waals surface area contributed by atoms with Gasteiger partial charge in [0.15, 0.2) is 0 Å². The summed E-state index contributed by atoms with van der Waals surface area (Å²) in [5, 5.41) is 3.48. The molecule has 3 heteroatoms. The second-order valence-electron chi connectivity index (χ2n) is 7.36. The lowest BCUT2D eigenvalue weighted by Gasteiger charge is -2.36. The van der Waals surface area contributed by atoms with Crippen molar-refractivity contribution < 1.29 is 9.53 Å². The summed E-state index contributed by atoms with van der Waals surface area (Å²) in [6.45, 7) is 13.1. The molecular formula is C18H29NO2. The van der Waals surface area contributed by atoms with Crippen molar-refractivity contribution in [1.82, 2.24) is 5.32 Å². The average molecular weight is 291 g/mol. The zero-order valence-electron chi connectivity index (χ0n) is 14.2. The van der Waals surface area contributed by atoms with Gasteiger partial charge in [-0.15, -0.1) is 0 Å². The number of hydrogen-bond acceptors (Lipinski definition) is 3. The van der Waals surface area contributed by atoms with Crippen LogP contribution >= 0.6 is 0 Å². The van der Waals surface area contributed by atoms with Crippen molar-refractivity contribution in [1.29, 1.82) is 0 Å². The van der Waals surface area contributed by atoms with Gasteiger partial charge in [0.25, 0.3) is 0 Å². The number of hydrogen-bond donors (Lipinski definition) is 1. The van der Waals surface area contributed by atoms with Gasteiger partial charge in [-0.2, -0.15) is 0 Å². The molecule has 3 nitrogen and oxygen atoms in total. The predicted molar refractivity (Wildman–Crippen MR) is 87.1 cm³/mol. The molecule has 118 valence electrons. The van der Waals surface area contributed by atoms with E-state index in [0.29, 0.717) is 6.61 Å². The molecule has 0 radical (unpaired) electrons. The highest BCUT2D eigenvalue weighted by atomic mass is 16.5. The summed E-state index contributed by atoms with van der Waals surface area (Å²) in [6, 6.07) is 9.33. The first kappa shape index (κ1) is 17.7. The van der Waals surface area contributed by atoms with Crippen LogP contribution in [0.5, 0.6) is 0 Å². The Morgan fingerprint density at radius 3 is 2.19 bits per heavy atom. The number of ether oxygens (including phenoxy) is 1. The first-order valence-corrected chi connectivity index (χ1v) is 7.64. The number of benzene rings is 1. The summed E-state index contributed by atoms with van der Waals surface area (Å²) in [7, 11) is 0. The van der Waals surface area contributed by atoms with Gasteiger partial charge in [0.2, 0.25) is 0 Å². The van der Waals surface area contributed by atoms with Gasteiger partial charge in [-0.1, -0.05) is 51.1 Å². The van der Waals surface area contributed by atoms with Crippen molar-refractivity contribution in [3.63, 3.8) is 0 Å². The largest absolute Gasteiger partial charge is 0.465 e. The Balaban J connectivity index is 2.95. The molecule has 0 fully saturated rings. The van der Waals surface area contributed by atoms with E-state index in [1.54, 1.807) is 0 Å². The summed E-state index contributed by atoms with van der Waals surface area (Å²) in [5.74, 6) is -0.217.